The molecule has 1 aromatic rings. The molecular formula is C24H33FN4O5S. The van der Waals surface area contributed by atoms with E-state index >= 15 is 0 Å². The van der Waals surface area contributed by atoms with E-state index in [9.17, 15) is 23.9 Å². The molecule has 35 heavy (non-hydrogen) atoms. The van der Waals surface area contributed by atoms with Gasteiger partial charge < -0.3 is 25.8 Å². The standard InChI is InChI=1S/C24H33FN4O5S/c1-13(2)20-23(32)29-21(14(3)4)24(33)34-15(7-5-6-10-35)11-19(30)26-12-18-16(25)8-9-17(27-18)22(31)28-20/h5,7-9,14-15,21-22,28,31,35H,6,10-12H2,1-4H3,(H,26,30)(H,29,32)/b7-5+/t15-,21?,22?/m1/s1. The smallest absolute Gasteiger partial charge is 0.329 e. The minimum absolute atomic E-state index is 0.0363. The van der Waals surface area contributed by atoms with Gasteiger partial charge in [-0.3, -0.25) is 9.59 Å². The summed E-state index contributed by atoms with van der Waals surface area (Å²) in [5.74, 6) is -2.26. The van der Waals surface area contributed by atoms with Crippen LogP contribution < -0.4 is 16.0 Å². The predicted octanol–water partition coefficient (Wildman–Crippen LogP) is 2.04. The number of carbonyl (C=O) groups excluding carboxylic acids is 3. The Kier molecular flexibility index (Phi) is 10.7. The van der Waals surface area contributed by atoms with Crippen molar-refractivity contribution in [2.45, 2.75) is 65.5 Å². The number of ether oxygens (including phenoxy) is 1. The molecule has 0 radical (unpaired) electrons. The molecule has 4 N–H and O–H groups in total. The number of hydrogen-bond donors (Lipinski definition) is 5. The lowest BCUT2D eigenvalue weighted by molar-refractivity contribution is -0.153. The number of allylic oxidation sites excluding steroid dienone is 2. The molecule has 3 atom stereocenters. The Morgan fingerprint density at radius 3 is 2.63 bits per heavy atom. The quantitative estimate of drug-likeness (QED) is 0.182. The lowest BCUT2D eigenvalue weighted by Gasteiger charge is -2.25. The van der Waals surface area contributed by atoms with Crippen molar-refractivity contribution in [3.05, 3.63) is 52.8 Å². The lowest BCUT2D eigenvalue weighted by atomic mass is 10.0. The number of thiol groups is 1. The second-order valence-corrected chi connectivity index (χ2v) is 9.13. The van der Waals surface area contributed by atoms with Gasteiger partial charge in [0.05, 0.1) is 24.4 Å². The molecule has 2 bridgehead atoms. The van der Waals surface area contributed by atoms with Gasteiger partial charge in [-0.05, 0) is 55.7 Å². The molecule has 192 valence electrons. The average Bonchev–Trinajstić information content (AvgIpc) is 2.79. The zero-order valence-corrected chi connectivity index (χ0v) is 21.2. The minimum atomic E-state index is -1.44. The van der Waals surface area contributed by atoms with E-state index in [1.54, 1.807) is 39.8 Å². The number of halogens is 1. The first-order chi connectivity index (χ1) is 16.5. The van der Waals surface area contributed by atoms with E-state index in [0.717, 1.165) is 6.07 Å². The van der Waals surface area contributed by atoms with Crippen LogP contribution in [0.5, 0.6) is 0 Å². The first kappa shape index (κ1) is 28.3. The molecule has 2 unspecified atom stereocenters. The van der Waals surface area contributed by atoms with E-state index in [0.29, 0.717) is 17.7 Å². The van der Waals surface area contributed by atoms with Gasteiger partial charge >= 0.3 is 5.97 Å². The molecule has 9 nitrogen and oxygen atoms in total. The van der Waals surface area contributed by atoms with E-state index < -0.39 is 42.0 Å². The molecule has 2 amide bonds. The molecule has 1 aliphatic rings. The second-order valence-electron chi connectivity index (χ2n) is 8.68. The Hall–Kier alpha value is -2.92. The number of amides is 2. The van der Waals surface area contributed by atoms with Gasteiger partial charge in [0.15, 0.2) is 6.23 Å². The molecule has 0 aliphatic carbocycles. The molecule has 1 aromatic heterocycles. The van der Waals surface area contributed by atoms with Crippen LogP contribution in [-0.2, 0) is 25.7 Å². The van der Waals surface area contributed by atoms with E-state index in [4.69, 9.17) is 4.74 Å². The van der Waals surface area contributed by atoms with Gasteiger partial charge in [-0.15, -0.1) is 0 Å². The first-order valence-corrected chi connectivity index (χ1v) is 12.0. The summed E-state index contributed by atoms with van der Waals surface area (Å²) in [4.78, 5) is 42.7. The highest BCUT2D eigenvalue weighted by Crippen LogP contribution is 2.16. The number of fused-ring (bicyclic) bond motifs is 2. The fraction of sp³-hybridized carbons (Fsp3) is 0.500. The van der Waals surface area contributed by atoms with Crippen molar-refractivity contribution in [1.82, 2.24) is 20.9 Å². The Morgan fingerprint density at radius 2 is 2.00 bits per heavy atom. The van der Waals surface area contributed by atoms with E-state index in [1.165, 1.54) is 6.07 Å². The SMILES string of the molecule is CC(C)=C1NC(O)c2ccc(F)c(n2)CNC(=O)C[C@@H](/C=C/CCS)OC(=O)C(C(C)C)NC1=O. The summed E-state index contributed by atoms with van der Waals surface area (Å²) in [6.07, 6.45) is 1.38. The van der Waals surface area contributed by atoms with Crippen LogP contribution in [0.25, 0.3) is 0 Å². The largest absolute Gasteiger partial charge is 0.456 e. The highest BCUT2D eigenvalue weighted by molar-refractivity contribution is 7.80. The number of aliphatic hydroxyl groups excluding tert-OH is 1. The third kappa shape index (κ3) is 8.36. The highest BCUT2D eigenvalue weighted by atomic mass is 32.1. The molecule has 11 heteroatoms. The summed E-state index contributed by atoms with van der Waals surface area (Å²) < 4.78 is 19.9. The van der Waals surface area contributed by atoms with Crippen molar-refractivity contribution in [2.75, 3.05) is 5.75 Å². The molecule has 0 saturated carbocycles. The second kappa shape index (κ2) is 13.2. The molecule has 0 fully saturated rings. The Morgan fingerprint density at radius 1 is 1.29 bits per heavy atom. The zero-order chi connectivity index (χ0) is 26.1. The van der Waals surface area contributed by atoms with Crippen molar-refractivity contribution in [2.24, 2.45) is 5.92 Å². The molecule has 0 saturated heterocycles. The molecule has 1 aliphatic heterocycles. The summed E-state index contributed by atoms with van der Waals surface area (Å²) in [6, 6.07) is 1.39. The van der Waals surface area contributed by atoms with Crippen molar-refractivity contribution in [3.63, 3.8) is 0 Å². The number of pyridine rings is 1. The maximum absolute atomic E-state index is 14.3. The van der Waals surface area contributed by atoms with Crippen LogP contribution >= 0.6 is 12.6 Å². The maximum atomic E-state index is 14.3. The third-order valence-corrected chi connectivity index (χ3v) is 5.45. The number of rotatable bonds is 4. The molecule has 0 spiro atoms. The summed E-state index contributed by atoms with van der Waals surface area (Å²) >= 11 is 4.14. The number of aromatic nitrogens is 1. The molecule has 0 aromatic carbocycles. The summed E-state index contributed by atoms with van der Waals surface area (Å²) in [6.45, 7) is 6.58. The normalized spacial score (nSPS) is 22.5. The van der Waals surface area contributed by atoms with Gasteiger partial charge in [0.25, 0.3) is 5.91 Å². The number of esters is 1. The Balaban J connectivity index is 2.48. The number of aliphatic hydroxyl groups is 1. The van der Waals surface area contributed by atoms with E-state index in [-0.39, 0.29) is 36.0 Å². The topological polar surface area (TPSA) is 130 Å². The molecule has 2 rings (SSSR count). The third-order valence-electron chi connectivity index (χ3n) is 5.19. The fourth-order valence-electron chi connectivity index (χ4n) is 3.27. The van der Waals surface area contributed by atoms with Crippen LogP contribution in [-0.4, -0.2) is 45.8 Å². The maximum Gasteiger partial charge on any atom is 0.329 e. The van der Waals surface area contributed by atoms with Crippen LogP contribution in [0.4, 0.5) is 4.39 Å². The summed E-state index contributed by atoms with van der Waals surface area (Å²) in [7, 11) is 0. The fourth-order valence-corrected chi connectivity index (χ4v) is 3.42. The van der Waals surface area contributed by atoms with Crippen LogP contribution in [0.15, 0.2) is 35.6 Å². The number of cyclic esters (lactones) is 1. The Labute approximate surface area is 210 Å². The van der Waals surface area contributed by atoms with Gasteiger partial charge in [-0.2, -0.15) is 12.6 Å². The van der Waals surface area contributed by atoms with Gasteiger partial charge in [0.2, 0.25) is 5.91 Å². The molecule has 2 heterocycles. The van der Waals surface area contributed by atoms with Gasteiger partial charge in [-0.25, -0.2) is 14.2 Å². The minimum Gasteiger partial charge on any atom is -0.456 e. The van der Waals surface area contributed by atoms with Crippen LogP contribution in [0.1, 0.15) is 58.2 Å². The number of carbonyl (C=O) groups is 3. The van der Waals surface area contributed by atoms with Crippen molar-refractivity contribution in [3.8, 4) is 0 Å². The van der Waals surface area contributed by atoms with Crippen molar-refractivity contribution in [1.29, 1.82) is 0 Å². The van der Waals surface area contributed by atoms with Gasteiger partial charge in [0, 0.05) is 0 Å². The number of hydrogen-bond acceptors (Lipinski definition) is 8. The van der Waals surface area contributed by atoms with Crippen LogP contribution in [0.3, 0.4) is 0 Å². The number of nitrogens with one attached hydrogen (secondary N) is 3. The van der Waals surface area contributed by atoms with Crippen molar-refractivity contribution < 1.29 is 28.6 Å². The number of nitrogens with zero attached hydrogens (tertiary/aromatic N) is 1. The highest BCUT2D eigenvalue weighted by Gasteiger charge is 2.30. The average molecular weight is 509 g/mol. The summed E-state index contributed by atoms with van der Waals surface area (Å²) in [5, 5.41) is 18.5. The lowest BCUT2D eigenvalue weighted by Crippen LogP contribution is -2.48. The van der Waals surface area contributed by atoms with Gasteiger partial charge in [0.1, 0.15) is 23.7 Å². The van der Waals surface area contributed by atoms with Crippen LogP contribution in [0, 0.1) is 11.7 Å². The van der Waals surface area contributed by atoms with Gasteiger partial charge in [-0.1, -0.05) is 19.9 Å². The van der Waals surface area contributed by atoms with E-state index in [1.807, 2.05) is 0 Å². The zero-order valence-electron chi connectivity index (χ0n) is 20.3. The monoisotopic (exact) mass is 508 g/mol. The molecular weight excluding hydrogens is 475 g/mol. The van der Waals surface area contributed by atoms with Crippen LogP contribution in [0.2, 0.25) is 0 Å². The van der Waals surface area contributed by atoms with E-state index in [2.05, 4.69) is 33.6 Å². The first-order valence-electron chi connectivity index (χ1n) is 11.4. The van der Waals surface area contributed by atoms with Crippen molar-refractivity contribution >= 4 is 30.4 Å². The summed E-state index contributed by atoms with van der Waals surface area (Å²) in [5.41, 5.74) is 0.544. The predicted molar refractivity (Wildman–Crippen MR) is 131 cm³/mol. The Bertz CT molecular complexity index is 994.